The van der Waals surface area contributed by atoms with Crippen LogP contribution in [-0.2, 0) is 16.0 Å². The lowest BCUT2D eigenvalue weighted by molar-refractivity contribution is -0.139. The second-order valence-corrected chi connectivity index (χ2v) is 8.03. The predicted octanol–water partition coefficient (Wildman–Crippen LogP) is 5.16. The minimum Gasteiger partial charge on any atom is -0.465 e. The lowest BCUT2D eigenvalue weighted by atomic mass is 9.94. The summed E-state index contributed by atoms with van der Waals surface area (Å²) >= 11 is 4.85. The van der Waals surface area contributed by atoms with Crippen LogP contribution in [0.15, 0.2) is 28.1 Å². The zero-order valence-corrected chi connectivity index (χ0v) is 18.3. The molecule has 0 aliphatic heterocycles. The standard InChI is InChI=1S/C20H24BrN3O2S/c1-4-7-16-14(5-2)15(13-8-9-13)10-11-17(16)24-19(21)22-23-20(24)27-12-18(25)26-6-3/h4,7,10-11,13H,5-6,8-9,12H2,1-3H3/b7-4-. The highest BCUT2D eigenvalue weighted by atomic mass is 79.9. The maximum absolute atomic E-state index is 11.7. The van der Waals surface area contributed by atoms with Crippen LogP contribution >= 0.6 is 27.7 Å². The average molecular weight is 450 g/mol. The van der Waals surface area contributed by atoms with E-state index < -0.39 is 0 Å². The molecule has 5 nitrogen and oxygen atoms in total. The summed E-state index contributed by atoms with van der Waals surface area (Å²) < 4.78 is 7.62. The van der Waals surface area contributed by atoms with Crippen molar-refractivity contribution >= 4 is 39.7 Å². The normalized spacial score (nSPS) is 14.1. The molecule has 2 aromatic rings. The van der Waals surface area contributed by atoms with E-state index in [1.807, 2.05) is 11.5 Å². The van der Waals surface area contributed by atoms with Crippen LogP contribution in [-0.4, -0.2) is 33.1 Å². The van der Waals surface area contributed by atoms with Gasteiger partial charge in [-0.3, -0.25) is 9.36 Å². The van der Waals surface area contributed by atoms with Crippen molar-refractivity contribution in [3.8, 4) is 5.69 Å². The van der Waals surface area contributed by atoms with Gasteiger partial charge in [0.1, 0.15) is 0 Å². The number of ether oxygens (including phenoxy) is 1. The number of carbonyl (C=O) groups excluding carboxylic acids is 1. The number of nitrogens with zero attached hydrogens (tertiary/aromatic N) is 3. The monoisotopic (exact) mass is 449 g/mol. The van der Waals surface area contributed by atoms with Gasteiger partial charge in [-0.15, -0.1) is 10.2 Å². The SMILES string of the molecule is C/C=C\c1c(-n2c(Br)nnc2SCC(=O)OCC)ccc(C2CC2)c1CC. The van der Waals surface area contributed by atoms with E-state index >= 15 is 0 Å². The van der Waals surface area contributed by atoms with Gasteiger partial charge in [0.05, 0.1) is 18.0 Å². The molecule has 7 heteroatoms. The molecule has 0 N–H and O–H groups in total. The zero-order chi connectivity index (χ0) is 19.4. The number of hydrogen-bond acceptors (Lipinski definition) is 5. The fourth-order valence-electron chi connectivity index (χ4n) is 3.26. The van der Waals surface area contributed by atoms with Crippen LogP contribution in [0.1, 0.15) is 56.2 Å². The molecule has 0 saturated heterocycles. The molecule has 0 bridgehead atoms. The van der Waals surface area contributed by atoms with Crippen LogP contribution in [0, 0.1) is 0 Å². The molecule has 1 heterocycles. The fourth-order valence-corrected chi connectivity index (χ4v) is 4.56. The summed E-state index contributed by atoms with van der Waals surface area (Å²) in [7, 11) is 0. The fraction of sp³-hybridized carbons (Fsp3) is 0.450. The number of hydrogen-bond donors (Lipinski definition) is 0. The van der Waals surface area contributed by atoms with Crippen LogP contribution in [0.2, 0.25) is 0 Å². The second-order valence-electron chi connectivity index (χ2n) is 6.37. The first-order valence-electron chi connectivity index (χ1n) is 9.28. The number of carbonyl (C=O) groups is 1. The smallest absolute Gasteiger partial charge is 0.316 e. The van der Waals surface area contributed by atoms with Gasteiger partial charge in [-0.05, 0) is 72.2 Å². The Hall–Kier alpha value is -1.60. The molecule has 3 rings (SSSR count). The maximum Gasteiger partial charge on any atom is 0.316 e. The molecule has 1 aliphatic carbocycles. The van der Waals surface area contributed by atoms with Crippen molar-refractivity contribution in [3.05, 3.63) is 39.6 Å². The molecule has 27 heavy (non-hydrogen) atoms. The van der Waals surface area contributed by atoms with Gasteiger partial charge in [-0.1, -0.05) is 36.9 Å². The molecule has 1 aromatic heterocycles. The van der Waals surface area contributed by atoms with E-state index in [0.29, 0.717) is 22.4 Å². The Morgan fingerprint density at radius 3 is 2.78 bits per heavy atom. The Bertz CT molecular complexity index is 859. The summed E-state index contributed by atoms with van der Waals surface area (Å²) in [4.78, 5) is 11.7. The third-order valence-electron chi connectivity index (χ3n) is 4.53. The minimum atomic E-state index is -0.250. The maximum atomic E-state index is 11.7. The van der Waals surface area contributed by atoms with Crippen molar-refractivity contribution in [1.29, 1.82) is 0 Å². The summed E-state index contributed by atoms with van der Waals surface area (Å²) in [6, 6.07) is 4.38. The van der Waals surface area contributed by atoms with E-state index in [1.165, 1.54) is 41.3 Å². The van der Waals surface area contributed by atoms with Crippen LogP contribution in [0.4, 0.5) is 0 Å². The van der Waals surface area contributed by atoms with Crippen molar-refractivity contribution in [2.75, 3.05) is 12.4 Å². The van der Waals surface area contributed by atoms with Crippen molar-refractivity contribution < 1.29 is 9.53 Å². The molecule has 0 amide bonds. The van der Waals surface area contributed by atoms with E-state index in [-0.39, 0.29) is 11.7 Å². The summed E-state index contributed by atoms with van der Waals surface area (Å²) in [6.07, 6.45) is 7.76. The topological polar surface area (TPSA) is 57.0 Å². The van der Waals surface area contributed by atoms with Gasteiger partial charge in [-0.25, -0.2) is 0 Å². The number of esters is 1. The summed E-state index contributed by atoms with van der Waals surface area (Å²) in [5.41, 5.74) is 5.06. The van der Waals surface area contributed by atoms with Gasteiger partial charge < -0.3 is 4.74 Å². The molecule has 1 fully saturated rings. The number of allylic oxidation sites excluding steroid dienone is 1. The largest absolute Gasteiger partial charge is 0.465 e. The first kappa shape index (κ1) is 20.1. The van der Waals surface area contributed by atoms with Crippen molar-refractivity contribution in [2.45, 2.75) is 51.1 Å². The number of benzene rings is 1. The molecule has 0 atom stereocenters. The van der Waals surface area contributed by atoms with Crippen molar-refractivity contribution in [2.24, 2.45) is 0 Å². The van der Waals surface area contributed by atoms with E-state index in [0.717, 1.165) is 12.1 Å². The number of rotatable bonds is 8. The van der Waals surface area contributed by atoms with Crippen LogP contribution < -0.4 is 0 Å². The van der Waals surface area contributed by atoms with Gasteiger partial charge in [0, 0.05) is 5.56 Å². The Kier molecular flexibility index (Phi) is 6.76. The quantitative estimate of drug-likeness (QED) is 0.411. The Balaban J connectivity index is 2.03. The first-order chi connectivity index (χ1) is 13.1. The number of halogens is 1. The molecule has 0 unspecified atom stereocenters. The van der Waals surface area contributed by atoms with E-state index in [1.54, 1.807) is 6.92 Å². The van der Waals surface area contributed by atoms with E-state index in [4.69, 9.17) is 4.74 Å². The highest BCUT2D eigenvalue weighted by molar-refractivity contribution is 9.10. The van der Waals surface area contributed by atoms with Crippen LogP contribution in [0.3, 0.4) is 0 Å². The summed E-state index contributed by atoms with van der Waals surface area (Å²) in [5.74, 6) is 0.652. The van der Waals surface area contributed by atoms with Gasteiger partial charge in [-0.2, -0.15) is 0 Å². The lowest BCUT2D eigenvalue weighted by Gasteiger charge is -2.17. The molecule has 144 valence electrons. The van der Waals surface area contributed by atoms with Crippen LogP contribution in [0.5, 0.6) is 0 Å². The Labute approximate surface area is 172 Å². The van der Waals surface area contributed by atoms with Crippen molar-refractivity contribution in [1.82, 2.24) is 14.8 Å². The zero-order valence-electron chi connectivity index (χ0n) is 15.9. The van der Waals surface area contributed by atoms with Crippen molar-refractivity contribution in [3.63, 3.8) is 0 Å². The number of aromatic nitrogens is 3. The van der Waals surface area contributed by atoms with Gasteiger partial charge in [0.15, 0.2) is 5.16 Å². The van der Waals surface area contributed by atoms with Crippen LogP contribution in [0.25, 0.3) is 11.8 Å². The molecule has 1 aromatic carbocycles. The van der Waals surface area contributed by atoms with Gasteiger partial charge >= 0.3 is 5.97 Å². The third kappa shape index (κ3) is 4.46. The second kappa shape index (κ2) is 9.06. The molecule has 0 spiro atoms. The molecule has 1 aliphatic rings. The summed E-state index contributed by atoms with van der Waals surface area (Å²) in [5, 5.41) is 9.09. The van der Waals surface area contributed by atoms with Gasteiger partial charge in [0.2, 0.25) is 4.73 Å². The highest BCUT2D eigenvalue weighted by Gasteiger charge is 2.28. The average Bonchev–Trinajstić information content (AvgIpc) is 3.43. The first-order valence-corrected chi connectivity index (χ1v) is 11.1. The molecular weight excluding hydrogens is 426 g/mol. The predicted molar refractivity (Wildman–Crippen MR) is 112 cm³/mol. The van der Waals surface area contributed by atoms with E-state index in [9.17, 15) is 4.79 Å². The highest BCUT2D eigenvalue weighted by Crippen LogP contribution is 2.44. The third-order valence-corrected chi connectivity index (χ3v) is 5.95. The Morgan fingerprint density at radius 1 is 1.37 bits per heavy atom. The molecule has 0 radical (unpaired) electrons. The number of thioether (sulfide) groups is 1. The summed E-state index contributed by atoms with van der Waals surface area (Å²) in [6.45, 7) is 6.42. The molecule has 1 saturated carbocycles. The molecular formula is C20H24BrN3O2S. The lowest BCUT2D eigenvalue weighted by Crippen LogP contribution is -2.09. The minimum absolute atomic E-state index is 0.207. The van der Waals surface area contributed by atoms with Gasteiger partial charge in [0.25, 0.3) is 0 Å². The Morgan fingerprint density at radius 2 is 2.15 bits per heavy atom. The van der Waals surface area contributed by atoms with E-state index in [2.05, 4.69) is 57.3 Å².